The van der Waals surface area contributed by atoms with Gasteiger partial charge in [0.05, 0.1) is 18.1 Å². The number of rotatable bonds is 4. The molecule has 1 N–H and O–H groups in total. The van der Waals surface area contributed by atoms with Gasteiger partial charge < -0.3 is 10.1 Å². The zero-order valence-corrected chi connectivity index (χ0v) is 11.1. The minimum Gasteiger partial charge on any atom is -0.481 e. The molecule has 0 aliphatic heterocycles. The summed E-state index contributed by atoms with van der Waals surface area (Å²) >= 11 is 0. The van der Waals surface area contributed by atoms with Crippen molar-refractivity contribution in [1.29, 1.82) is 0 Å². The van der Waals surface area contributed by atoms with E-state index in [4.69, 9.17) is 4.74 Å². The second-order valence-electron chi connectivity index (χ2n) is 4.32. The first-order valence-corrected chi connectivity index (χ1v) is 6.29. The molecule has 0 spiro atoms. The monoisotopic (exact) mass is 266 g/mol. The molecular formula is C15H14N4O. The van der Waals surface area contributed by atoms with Crippen LogP contribution >= 0.6 is 0 Å². The highest BCUT2D eigenvalue weighted by Gasteiger charge is 1.99. The van der Waals surface area contributed by atoms with Crippen LogP contribution in [0.15, 0.2) is 48.9 Å². The Morgan fingerprint density at radius 1 is 1.00 bits per heavy atom. The van der Waals surface area contributed by atoms with Gasteiger partial charge in [-0.2, -0.15) is 0 Å². The van der Waals surface area contributed by atoms with Crippen LogP contribution in [0.2, 0.25) is 0 Å². The molecule has 0 saturated carbocycles. The lowest BCUT2D eigenvalue weighted by atomic mass is 10.2. The normalized spacial score (nSPS) is 10.4. The minimum atomic E-state index is 0.620. The third-order valence-electron chi connectivity index (χ3n) is 2.97. The molecular weight excluding hydrogens is 252 g/mol. The number of fused-ring (bicyclic) bond motifs is 1. The van der Waals surface area contributed by atoms with Crippen LogP contribution in [0.3, 0.4) is 0 Å². The summed E-state index contributed by atoms with van der Waals surface area (Å²) in [5.74, 6) is 0.620. The van der Waals surface area contributed by atoms with E-state index in [2.05, 4.69) is 20.3 Å². The average Bonchev–Trinajstić information content (AvgIpc) is 2.53. The predicted molar refractivity (Wildman–Crippen MR) is 77.7 cm³/mol. The molecule has 20 heavy (non-hydrogen) atoms. The highest BCUT2D eigenvalue weighted by atomic mass is 16.5. The number of hydrogen-bond donors (Lipinski definition) is 1. The molecule has 0 saturated heterocycles. The third kappa shape index (κ3) is 2.66. The van der Waals surface area contributed by atoms with Crippen molar-refractivity contribution in [2.24, 2.45) is 0 Å². The van der Waals surface area contributed by atoms with Gasteiger partial charge >= 0.3 is 0 Å². The summed E-state index contributed by atoms with van der Waals surface area (Å²) in [6.45, 7) is 0.697. The van der Waals surface area contributed by atoms with Crippen molar-refractivity contribution in [2.75, 3.05) is 12.4 Å². The zero-order valence-electron chi connectivity index (χ0n) is 11.1. The smallest absolute Gasteiger partial charge is 0.212 e. The molecule has 3 rings (SSSR count). The Morgan fingerprint density at radius 3 is 2.60 bits per heavy atom. The second kappa shape index (κ2) is 5.52. The van der Waals surface area contributed by atoms with Crippen LogP contribution in [-0.2, 0) is 6.54 Å². The number of methoxy groups -OCH3 is 1. The van der Waals surface area contributed by atoms with Crippen LogP contribution in [0.1, 0.15) is 5.56 Å². The molecule has 5 nitrogen and oxygen atoms in total. The Hall–Kier alpha value is -2.69. The van der Waals surface area contributed by atoms with E-state index in [0.29, 0.717) is 12.4 Å². The summed E-state index contributed by atoms with van der Waals surface area (Å²) in [6.07, 6.45) is 5.19. The molecule has 0 aliphatic rings. The molecule has 0 bridgehead atoms. The van der Waals surface area contributed by atoms with Gasteiger partial charge in [-0.3, -0.25) is 9.97 Å². The van der Waals surface area contributed by atoms with Gasteiger partial charge in [0.25, 0.3) is 0 Å². The SMILES string of the molecule is COc1ccc(CNc2ccc3nccnc3c2)cn1. The highest BCUT2D eigenvalue weighted by Crippen LogP contribution is 2.16. The van der Waals surface area contributed by atoms with Gasteiger partial charge in [-0.1, -0.05) is 6.07 Å². The summed E-state index contributed by atoms with van der Waals surface area (Å²) < 4.78 is 5.03. The van der Waals surface area contributed by atoms with Gasteiger partial charge in [-0.15, -0.1) is 0 Å². The second-order valence-corrected chi connectivity index (χ2v) is 4.32. The molecule has 1 aromatic carbocycles. The van der Waals surface area contributed by atoms with Crippen molar-refractivity contribution >= 4 is 16.7 Å². The Bertz CT molecular complexity index is 712. The van der Waals surface area contributed by atoms with E-state index in [1.807, 2.05) is 30.3 Å². The first kappa shape index (κ1) is 12.3. The van der Waals surface area contributed by atoms with E-state index in [1.54, 1.807) is 25.7 Å². The number of benzene rings is 1. The molecule has 5 heteroatoms. The van der Waals surface area contributed by atoms with Crippen LogP contribution < -0.4 is 10.1 Å². The topological polar surface area (TPSA) is 59.9 Å². The van der Waals surface area contributed by atoms with E-state index in [-0.39, 0.29) is 0 Å². The van der Waals surface area contributed by atoms with Crippen LogP contribution in [0.25, 0.3) is 11.0 Å². The quantitative estimate of drug-likeness (QED) is 0.786. The van der Waals surface area contributed by atoms with Gasteiger partial charge in [0.1, 0.15) is 0 Å². The van der Waals surface area contributed by atoms with E-state index >= 15 is 0 Å². The van der Waals surface area contributed by atoms with Gasteiger partial charge in [0, 0.05) is 36.9 Å². The maximum atomic E-state index is 5.03. The molecule has 0 radical (unpaired) electrons. The van der Waals surface area contributed by atoms with Crippen molar-refractivity contribution in [3.8, 4) is 5.88 Å². The van der Waals surface area contributed by atoms with Crippen LogP contribution in [-0.4, -0.2) is 22.1 Å². The van der Waals surface area contributed by atoms with Gasteiger partial charge in [-0.25, -0.2) is 4.98 Å². The predicted octanol–water partition coefficient (Wildman–Crippen LogP) is 2.65. The number of nitrogens with zero attached hydrogens (tertiary/aromatic N) is 3. The summed E-state index contributed by atoms with van der Waals surface area (Å²) in [4.78, 5) is 12.7. The van der Waals surface area contributed by atoms with E-state index in [0.717, 1.165) is 22.3 Å². The summed E-state index contributed by atoms with van der Waals surface area (Å²) in [6, 6.07) is 9.77. The van der Waals surface area contributed by atoms with Gasteiger partial charge in [-0.05, 0) is 23.8 Å². The standard InChI is InChI=1S/C15H14N4O/c1-20-15-5-2-11(10-19-15)9-18-12-3-4-13-14(8-12)17-7-6-16-13/h2-8,10,18H,9H2,1H3. The number of nitrogens with one attached hydrogen (secondary N) is 1. The number of anilines is 1. The van der Waals surface area contributed by atoms with Gasteiger partial charge in [0.15, 0.2) is 0 Å². The summed E-state index contributed by atoms with van der Waals surface area (Å²) in [5.41, 5.74) is 3.87. The maximum Gasteiger partial charge on any atom is 0.212 e. The Labute approximate surface area is 116 Å². The van der Waals surface area contributed by atoms with E-state index in [9.17, 15) is 0 Å². The van der Waals surface area contributed by atoms with Crippen LogP contribution in [0, 0.1) is 0 Å². The third-order valence-corrected chi connectivity index (χ3v) is 2.97. The Kier molecular flexibility index (Phi) is 3.41. The lowest BCUT2D eigenvalue weighted by Crippen LogP contribution is -2.00. The molecule has 0 aliphatic carbocycles. The minimum absolute atomic E-state index is 0.620. The molecule has 2 aromatic heterocycles. The van der Waals surface area contributed by atoms with Gasteiger partial charge in [0.2, 0.25) is 5.88 Å². The largest absolute Gasteiger partial charge is 0.481 e. The lowest BCUT2D eigenvalue weighted by molar-refractivity contribution is 0.397. The molecule has 0 amide bonds. The van der Waals surface area contributed by atoms with Crippen LogP contribution in [0.5, 0.6) is 5.88 Å². The summed E-state index contributed by atoms with van der Waals surface area (Å²) in [5, 5.41) is 3.34. The van der Waals surface area contributed by atoms with Crippen molar-refractivity contribution in [3.63, 3.8) is 0 Å². The first-order chi connectivity index (χ1) is 9.85. The number of aromatic nitrogens is 3. The average molecular weight is 266 g/mol. The van der Waals surface area contributed by atoms with Crippen molar-refractivity contribution in [3.05, 3.63) is 54.5 Å². The number of hydrogen-bond acceptors (Lipinski definition) is 5. The maximum absolute atomic E-state index is 5.03. The number of ether oxygens (including phenoxy) is 1. The molecule has 2 heterocycles. The fourth-order valence-electron chi connectivity index (χ4n) is 1.91. The summed E-state index contributed by atoms with van der Waals surface area (Å²) in [7, 11) is 1.61. The van der Waals surface area contributed by atoms with Crippen molar-refractivity contribution in [1.82, 2.24) is 15.0 Å². The molecule has 0 atom stereocenters. The first-order valence-electron chi connectivity index (χ1n) is 6.29. The van der Waals surface area contributed by atoms with E-state index < -0.39 is 0 Å². The Morgan fingerprint density at radius 2 is 1.85 bits per heavy atom. The molecule has 0 fully saturated rings. The fraction of sp³-hybridized carbons (Fsp3) is 0.133. The van der Waals surface area contributed by atoms with Crippen molar-refractivity contribution < 1.29 is 4.74 Å². The van der Waals surface area contributed by atoms with Crippen LogP contribution in [0.4, 0.5) is 5.69 Å². The highest BCUT2D eigenvalue weighted by molar-refractivity contribution is 5.78. The van der Waals surface area contributed by atoms with Crippen molar-refractivity contribution in [2.45, 2.75) is 6.54 Å². The fourth-order valence-corrected chi connectivity index (χ4v) is 1.91. The molecule has 3 aromatic rings. The Balaban J connectivity index is 1.72. The lowest BCUT2D eigenvalue weighted by Gasteiger charge is -2.07. The molecule has 0 unspecified atom stereocenters. The number of pyridine rings is 1. The zero-order chi connectivity index (χ0) is 13.8. The van der Waals surface area contributed by atoms with E-state index in [1.165, 1.54) is 0 Å². The molecule has 100 valence electrons.